The highest BCUT2D eigenvalue weighted by Crippen LogP contribution is 2.28. The Balaban J connectivity index is 2.17. The van der Waals surface area contributed by atoms with Crippen molar-refractivity contribution >= 4 is 22.8 Å². The minimum absolute atomic E-state index is 0.0229. The molecule has 19 heavy (non-hydrogen) atoms. The summed E-state index contributed by atoms with van der Waals surface area (Å²) in [5.41, 5.74) is 0.429. The Labute approximate surface area is 114 Å². The fourth-order valence-electron chi connectivity index (χ4n) is 1.82. The molecule has 2 rings (SSSR count). The topological polar surface area (TPSA) is 85.9 Å². The zero-order valence-corrected chi connectivity index (χ0v) is 11.8. The summed E-state index contributed by atoms with van der Waals surface area (Å²) in [7, 11) is 1.68. The molecule has 0 spiro atoms. The van der Waals surface area contributed by atoms with E-state index in [0.717, 1.165) is 11.4 Å². The Bertz CT molecular complexity index is 604. The number of thiazole rings is 1. The summed E-state index contributed by atoms with van der Waals surface area (Å²) in [5, 5.41) is 19.0. The number of nitro groups is 1. The highest BCUT2D eigenvalue weighted by molar-refractivity contribution is 7.11. The molecule has 7 nitrogen and oxygen atoms in total. The van der Waals surface area contributed by atoms with Crippen LogP contribution in [0.25, 0.3) is 0 Å². The molecular weight excluding hydrogens is 266 g/mol. The predicted molar refractivity (Wildman–Crippen MR) is 73.4 cm³/mol. The van der Waals surface area contributed by atoms with Crippen molar-refractivity contribution in [2.45, 2.75) is 26.8 Å². The van der Waals surface area contributed by atoms with Crippen molar-refractivity contribution in [3.05, 3.63) is 31.9 Å². The number of aromatic nitrogens is 3. The number of nitrogens with zero attached hydrogens (tertiary/aromatic N) is 4. The van der Waals surface area contributed by atoms with Gasteiger partial charge in [0.05, 0.1) is 11.5 Å². The van der Waals surface area contributed by atoms with Gasteiger partial charge in [-0.2, -0.15) is 5.10 Å². The van der Waals surface area contributed by atoms with E-state index >= 15 is 0 Å². The summed E-state index contributed by atoms with van der Waals surface area (Å²) in [6.07, 6.45) is 2.78. The van der Waals surface area contributed by atoms with Crippen molar-refractivity contribution < 1.29 is 4.92 Å². The molecule has 0 unspecified atom stereocenters. The quantitative estimate of drug-likeness (QED) is 0.671. The Morgan fingerprint density at radius 3 is 2.89 bits per heavy atom. The maximum atomic E-state index is 11.0. The summed E-state index contributed by atoms with van der Waals surface area (Å²) in [6, 6.07) is 0. The third kappa shape index (κ3) is 2.73. The first-order valence-corrected chi connectivity index (χ1v) is 6.70. The molecule has 0 fully saturated rings. The van der Waals surface area contributed by atoms with E-state index in [4.69, 9.17) is 0 Å². The highest BCUT2D eigenvalue weighted by atomic mass is 32.1. The Morgan fingerprint density at radius 2 is 2.32 bits per heavy atom. The fourth-order valence-corrected chi connectivity index (χ4v) is 2.62. The van der Waals surface area contributed by atoms with Crippen LogP contribution in [0, 0.1) is 17.0 Å². The van der Waals surface area contributed by atoms with Gasteiger partial charge in [0.1, 0.15) is 10.7 Å². The number of anilines is 1. The van der Waals surface area contributed by atoms with Crippen LogP contribution in [0.3, 0.4) is 0 Å². The molecule has 2 heterocycles. The molecule has 0 saturated carbocycles. The van der Waals surface area contributed by atoms with Crippen LogP contribution in [0.1, 0.15) is 22.5 Å². The molecule has 102 valence electrons. The normalized spacial score (nSPS) is 10.7. The fraction of sp³-hybridized carbons (Fsp3) is 0.455. The van der Waals surface area contributed by atoms with Gasteiger partial charge in [0, 0.05) is 18.1 Å². The Hall–Kier alpha value is -1.96. The van der Waals surface area contributed by atoms with E-state index in [1.807, 2.05) is 6.20 Å². The van der Waals surface area contributed by atoms with Crippen molar-refractivity contribution in [2.75, 3.05) is 5.32 Å². The summed E-state index contributed by atoms with van der Waals surface area (Å²) >= 11 is 1.61. The number of nitrogens with one attached hydrogen (secondary N) is 1. The van der Waals surface area contributed by atoms with Crippen molar-refractivity contribution in [3.8, 4) is 0 Å². The predicted octanol–water partition coefficient (Wildman–Crippen LogP) is 2.27. The largest absolute Gasteiger partial charge is 0.358 e. The standard InChI is InChI=1S/C11H15N5O2S/c1-4-8-5-12-9(19-8)6-13-11-10(16(17)18)7(2)14-15(11)3/h5,13H,4,6H2,1-3H3. The number of rotatable bonds is 5. The molecule has 0 atom stereocenters. The van der Waals surface area contributed by atoms with Gasteiger partial charge in [0.15, 0.2) is 0 Å². The number of hydrogen-bond acceptors (Lipinski definition) is 6. The summed E-state index contributed by atoms with van der Waals surface area (Å²) < 4.78 is 1.49. The van der Waals surface area contributed by atoms with Gasteiger partial charge in [0.2, 0.25) is 5.82 Å². The molecule has 0 aliphatic rings. The van der Waals surface area contributed by atoms with Gasteiger partial charge in [-0.1, -0.05) is 6.92 Å². The van der Waals surface area contributed by atoms with E-state index in [0.29, 0.717) is 18.1 Å². The lowest BCUT2D eigenvalue weighted by Crippen LogP contribution is -2.06. The van der Waals surface area contributed by atoms with Crippen LogP contribution in [0.2, 0.25) is 0 Å². The van der Waals surface area contributed by atoms with Crippen molar-refractivity contribution in [1.82, 2.24) is 14.8 Å². The molecule has 0 saturated heterocycles. The molecule has 0 aromatic carbocycles. The zero-order valence-electron chi connectivity index (χ0n) is 11.0. The molecule has 0 radical (unpaired) electrons. The highest BCUT2D eigenvalue weighted by Gasteiger charge is 2.23. The second-order valence-electron chi connectivity index (χ2n) is 4.09. The zero-order chi connectivity index (χ0) is 14.0. The third-order valence-corrected chi connectivity index (χ3v) is 3.87. The maximum Gasteiger partial charge on any atom is 0.333 e. The Kier molecular flexibility index (Phi) is 3.79. The van der Waals surface area contributed by atoms with E-state index < -0.39 is 4.92 Å². The number of aryl methyl sites for hydroxylation is 3. The maximum absolute atomic E-state index is 11.0. The van der Waals surface area contributed by atoms with E-state index in [9.17, 15) is 10.1 Å². The molecule has 1 N–H and O–H groups in total. The van der Waals surface area contributed by atoms with Gasteiger partial charge in [-0.15, -0.1) is 11.3 Å². The van der Waals surface area contributed by atoms with E-state index in [1.165, 1.54) is 9.56 Å². The SMILES string of the molecule is CCc1cnc(CNc2c([N+](=O)[O-])c(C)nn2C)s1. The van der Waals surface area contributed by atoms with Crippen LogP contribution in [-0.4, -0.2) is 19.7 Å². The van der Waals surface area contributed by atoms with Crippen molar-refractivity contribution in [1.29, 1.82) is 0 Å². The first kappa shape index (κ1) is 13.5. The Morgan fingerprint density at radius 1 is 1.58 bits per heavy atom. The summed E-state index contributed by atoms with van der Waals surface area (Å²) in [5.74, 6) is 0.413. The first-order valence-electron chi connectivity index (χ1n) is 5.88. The minimum atomic E-state index is -0.413. The van der Waals surface area contributed by atoms with Crippen LogP contribution < -0.4 is 5.32 Å². The van der Waals surface area contributed by atoms with Gasteiger partial charge in [-0.25, -0.2) is 9.67 Å². The molecular formula is C11H15N5O2S. The average molecular weight is 281 g/mol. The molecule has 8 heteroatoms. The molecule has 0 aliphatic heterocycles. The lowest BCUT2D eigenvalue weighted by Gasteiger charge is -2.03. The van der Waals surface area contributed by atoms with Crippen LogP contribution in [0.4, 0.5) is 11.5 Å². The number of hydrogen-bond donors (Lipinski definition) is 1. The van der Waals surface area contributed by atoms with E-state index in [2.05, 4.69) is 22.3 Å². The summed E-state index contributed by atoms with van der Waals surface area (Å²) in [6.45, 7) is 4.16. The average Bonchev–Trinajstić information content (AvgIpc) is 2.90. The molecule has 2 aromatic heterocycles. The monoisotopic (exact) mass is 281 g/mol. The molecule has 2 aromatic rings. The molecule has 0 amide bonds. The smallest absolute Gasteiger partial charge is 0.333 e. The van der Waals surface area contributed by atoms with Crippen molar-refractivity contribution in [3.63, 3.8) is 0 Å². The second-order valence-corrected chi connectivity index (χ2v) is 5.29. The van der Waals surface area contributed by atoms with Crippen molar-refractivity contribution in [2.24, 2.45) is 7.05 Å². The minimum Gasteiger partial charge on any atom is -0.358 e. The van der Waals surface area contributed by atoms with Gasteiger partial charge in [0.25, 0.3) is 0 Å². The van der Waals surface area contributed by atoms with Gasteiger partial charge >= 0.3 is 5.69 Å². The van der Waals surface area contributed by atoms with Crippen LogP contribution in [-0.2, 0) is 20.0 Å². The first-order chi connectivity index (χ1) is 9.02. The van der Waals surface area contributed by atoms with Crippen LogP contribution in [0.15, 0.2) is 6.20 Å². The second kappa shape index (κ2) is 5.35. The molecule has 0 bridgehead atoms. The lowest BCUT2D eigenvalue weighted by atomic mass is 10.4. The van der Waals surface area contributed by atoms with E-state index in [-0.39, 0.29) is 5.69 Å². The van der Waals surface area contributed by atoms with E-state index in [1.54, 1.807) is 25.3 Å². The third-order valence-electron chi connectivity index (χ3n) is 2.73. The van der Waals surface area contributed by atoms with Gasteiger partial charge < -0.3 is 5.32 Å². The van der Waals surface area contributed by atoms with Gasteiger partial charge in [-0.05, 0) is 13.3 Å². The lowest BCUT2D eigenvalue weighted by molar-refractivity contribution is -0.384. The summed E-state index contributed by atoms with van der Waals surface area (Å²) in [4.78, 5) is 16.1. The van der Waals surface area contributed by atoms with Crippen LogP contribution >= 0.6 is 11.3 Å². The van der Waals surface area contributed by atoms with Gasteiger partial charge in [-0.3, -0.25) is 10.1 Å². The molecule has 0 aliphatic carbocycles. The van der Waals surface area contributed by atoms with Crippen LogP contribution in [0.5, 0.6) is 0 Å².